The minimum atomic E-state index is 0. The van der Waals surface area contributed by atoms with Gasteiger partial charge in [-0.25, -0.2) is 0 Å². The summed E-state index contributed by atoms with van der Waals surface area (Å²) in [7, 11) is 0. The second-order valence-corrected chi connectivity index (χ2v) is 0. The van der Waals surface area contributed by atoms with Gasteiger partial charge in [0, 0.05) is 0 Å². The van der Waals surface area contributed by atoms with Crippen molar-refractivity contribution in [3.05, 3.63) is 0 Å². The predicted molar refractivity (Wildman–Crippen MR) is 35.2 cm³/mol. The maximum Gasteiger partial charge on any atom is 4.00 e. The molecule has 0 spiro atoms. The smallest absolute Gasteiger partial charge is 2.00 e. The molecule has 7 heteroatoms. The first kappa shape index (κ1) is 74.6. The summed E-state index contributed by atoms with van der Waals surface area (Å²) >= 11 is 0. The summed E-state index contributed by atoms with van der Waals surface area (Å²) in [5.74, 6) is 0. The van der Waals surface area contributed by atoms with Crippen LogP contribution in [-0.2, 0) is 98.4 Å². The molecule has 0 aromatic heterocycles. The van der Waals surface area contributed by atoms with Crippen LogP contribution in [0, 0.1) is 0 Å². The molecular weight excluding hydrogens is 423 g/mol. The van der Waals surface area contributed by atoms with Crippen LogP contribution in [0.4, 0.5) is 0 Å². The molecule has 0 heterocycles. The third-order valence-corrected chi connectivity index (χ3v) is 0. The van der Waals surface area contributed by atoms with E-state index in [1.807, 2.05) is 0 Å². The van der Waals surface area contributed by atoms with Crippen LogP contribution in [0.5, 0.6) is 0 Å². The van der Waals surface area contributed by atoms with Gasteiger partial charge in [0.15, 0.2) is 0 Å². The van der Waals surface area contributed by atoms with Crippen LogP contribution in [0.2, 0.25) is 0 Å². The zero-order valence-electron chi connectivity index (χ0n) is 3.14. The zero-order chi connectivity index (χ0) is 0. The van der Waals surface area contributed by atoms with E-state index in [4.69, 9.17) is 0 Å². The first-order valence-corrected chi connectivity index (χ1v) is 0. The molecule has 0 saturated heterocycles. The molecule has 0 atom stereocenters. The van der Waals surface area contributed by atoms with Crippen LogP contribution in [0.15, 0.2) is 0 Å². The Balaban J connectivity index is 0. The van der Waals surface area contributed by atoms with Crippen LogP contribution in [0.3, 0.4) is 0 Å². The molecule has 0 saturated carbocycles. The molecule has 0 aliphatic heterocycles. The molecule has 0 aliphatic rings. The molecule has 0 nitrogen and oxygen atoms in total. The van der Waals surface area contributed by atoms with Gasteiger partial charge in [-0.1, -0.05) is 0 Å². The Hall–Kier alpha value is 3.64. The third kappa shape index (κ3) is 42.5. The van der Waals surface area contributed by atoms with Crippen molar-refractivity contribution in [1.29, 1.82) is 0 Å². The van der Waals surface area contributed by atoms with Gasteiger partial charge in [-0.2, -0.15) is 0 Å². The largest absolute Gasteiger partial charge is 4.00 e. The van der Waals surface area contributed by atoms with Crippen molar-refractivity contribution in [3.63, 3.8) is 0 Å². The van der Waals surface area contributed by atoms with Crippen molar-refractivity contribution >= 4 is 77.9 Å². The monoisotopic (exact) mass is 425 g/mol. The molecule has 0 N–H and O–H groups in total. The predicted octanol–water partition coefficient (Wildman–Crippen LogP) is -0.395. The van der Waals surface area contributed by atoms with E-state index in [2.05, 4.69) is 0 Å². The standard InChI is InChI=1S/Cd.Cu.4S.Sn/q2*+2;4*-2;+4. The number of hydrogen-bond donors (Lipinski definition) is 0. The van der Waals surface area contributed by atoms with E-state index >= 15 is 0 Å². The molecule has 0 rings (SSSR count). The van der Waals surface area contributed by atoms with Crippen LogP contribution in [-0.4, -0.2) is 23.9 Å². The maximum atomic E-state index is 0. The van der Waals surface area contributed by atoms with Gasteiger partial charge in [-0.3, -0.25) is 0 Å². The molecule has 0 amide bonds. The van der Waals surface area contributed by atoms with Crippen LogP contribution < -0.4 is 0 Å². The summed E-state index contributed by atoms with van der Waals surface area (Å²) in [6, 6.07) is 0. The molecule has 0 aliphatic carbocycles. The Morgan fingerprint density at radius 3 is 0.571 bits per heavy atom. The average Bonchev–Trinajstić information content (AvgIpc) is 0. The fourth-order valence-corrected chi connectivity index (χ4v) is 0. The van der Waals surface area contributed by atoms with Gasteiger partial charge in [-0.05, 0) is 0 Å². The van der Waals surface area contributed by atoms with E-state index in [-0.39, 0.29) is 122 Å². The molecule has 41 valence electrons. The van der Waals surface area contributed by atoms with E-state index in [0.29, 0.717) is 0 Å². The maximum absolute atomic E-state index is 0. The quantitative estimate of drug-likeness (QED) is 0.466. The fraction of sp³-hybridized carbons (Fsp3) is 0. The summed E-state index contributed by atoms with van der Waals surface area (Å²) in [6.07, 6.45) is 0. The minimum absolute atomic E-state index is 0. The summed E-state index contributed by atoms with van der Waals surface area (Å²) in [5.41, 5.74) is 0. The van der Waals surface area contributed by atoms with Crippen molar-refractivity contribution < 1.29 is 44.4 Å². The average molecular weight is 423 g/mol. The SMILES string of the molecule is [Cd+2].[Cu+2].[S-2].[S-2].[S-2].[S-2].[Sn+4]. The van der Waals surface area contributed by atoms with Crippen LogP contribution in [0.25, 0.3) is 0 Å². The molecule has 0 fully saturated rings. The van der Waals surface area contributed by atoms with Crippen molar-refractivity contribution in [2.75, 3.05) is 0 Å². The van der Waals surface area contributed by atoms with Crippen molar-refractivity contribution in [2.24, 2.45) is 0 Å². The molecule has 0 aromatic carbocycles. The van der Waals surface area contributed by atoms with Gasteiger partial charge < -0.3 is 54.0 Å². The second-order valence-electron chi connectivity index (χ2n) is 0. The minimum Gasteiger partial charge on any atom is -2.00 e. The van der Waals surface area contributed by atoms with Crippen molar-refractivity contribution in [1.82, 2.24) is 0 Å². The zero-order valence-corrected chi connectivity index (χ0v) is 14.2. The molecule has 7 heavy (non-hydrogen) atoms. The summed E-state index contributed by atoms with van der Waals surface area (Å²) in [6.45, 7) is 0. The van der Waals surface area contributed by atoms with E-state index < -0.39 is 0 Å². The first-order valence-electron chi connectivity index (χ1n) is 0. The van der Waals surface area contributed by atoms with Crippen molar-refractivity contribution in [2.45, 2.75) is 0 Å². The first-order chi connectivity index (χ1) is 0. The normalized spacial score (nSPS) is 0. The fourth-order valence-electron chi connectivity index (χ4n) is 0. The van der Waals surface area contributed by atoms with E-state index in [9.17, 15) is 0 Å². The van der Waals surface area contributed by atoms with Gasteiger partial charge in [0.2, 0.25) is 0 Å². The Morgan fingerprint density at radius 2 is 0.571 bits per heavy atom. The molecular formula is CdCuS4Sn. The summed E-state index contributed by atoms with van der Waals surface area (Å²) in [5, 5.41) is 0. The topological polar surface area (TPSA) is 0 Å². The Labute approximate surface area is 120 Å². The van der Waals surface area contributed by atoms with E-state index in [1.54, 1.807) is 0 Å². The van der Waals surface area contributed by atoms with Gasteiger partial charge in [-0.15, -0.1) is 0 Å². The Morgan fingerprint density at radius 1 is 0.571 bits per heavy atom. The number of hydrogen-bond acceptors (Lipinski definition) is 0. The molecule has 0 unspecified atom stereocenters. The van der Waals surface area contributed by atoms with Gasteiger partial charge in [0.25, 0.3) is 0 Å². The van der Waals surface area contributed by atoms with E-state index in [0.717, 1.165) is 0 Å². The second kappa shape index (κ2) is 54.3. The molecule has 0 aromatic rings. The Bertz CT molecular complexity index is 11.7. The summed E-state index contributed by atoms with van der Waals surface area (Å²) < 4.78 is 0. The molecule has 1 radical (unpaired) electrons. The van der Waals surface area contributed by atoms with Gasteiger partial charge in [0.1, 0.15) is 0 Å². The van der Waals surface area contributed by atoms with Gasteiger partial charge in [0.05, 0.1) is 0 Å². The summed E-state index contributed by atoms with van der Waals surface area (Å²) in [4.78, 5) is 0. The number of rotatable bonds is 0. The van der Waals surface area contributed by atoms with Crippen LogP contribution >= 0.6 is 0 Å². The Kier molecular flexibility index (Phi) is 579. The van der Waals surface area contributed by atoms with Gasteiger partial charge >= 0.3 is 68.3 Å². The van der Waals surface area contributed by atoms with Crippen LogP contribution in [0.1, 0.15) is 0 Å². The van der Waals surface area contributed by atoms with Crippen molar-refractivity contribution in [3.8, 4) is 0 Å². The third-order valence-electron chi connectivity index (χ3n) is 0. The molecule has 0 bridgehead atoms. The van der Waals surface area contributed by atoms with E-state index in [1.165, 1.54) is 0 Å².